The van der Waals surface area contributed by atoms with Gasteiger partial charge in [-0.15, -0.1) is 0 Å². The second kappa shape index (κ2) is 17.7. The van der Waals surface area contributed by atoms with Crippen LogP contribution >= 0.6 is 0 Å². The van der Waals surface area contributed by atoms with E-state index in [4.69, 9.17) is 18.9 Å². The number of allylic oxidation sites excluding steroid dienone is 3. The molecule has 2 aliphatic rings. The molecule has 0 aliphatic carbocycles. The number of nitrogens with zero attached hydrogens (tertiary/aromatic N) is 1. The number of hydrogen-bond donors (Lipinski definition) is 2. The van der Waals surface area contributed by atoms with Crippen molar-refractivity contribution in [1.82, 2.24) is 0 Å². The number of ether oxygens (including phenoxy) is 4. The van der Waals surface area contributed by atoms with Gasteiger partial charge in [0, 0.05) is 30.9 Å². The molecule has 1 aromatic carbocycles. The number of nitro groups is 1. The molecule has 2 aliphatic heterocycles. The molecule has 3 rings (SSSR count). The number of aliphatic hydroxyl groups is 2. The van der Waals surface area contributed by atoms with Crippen molar-refractivity contribution in [2.24, 2.45) is 23.7 Å². The third-order valence-corrected chi connectivity index (χ3v) is 9.26. The summed E-state index contributed by atoms with van der Waals surface area (Å²) in [5.41, 5.74) is -1.04. The summed E-state index contributed by atoms with van der Waals surface area (Å²) in [5, 5.41) is 32.5. The standard InChI is InChI=1S/C37H51NO11/c1-8-30(40)25(5)35-31(48-35)20-22(2)10-9-11-23(3)34-24(4)12-17-32(46-26(6)39)37(7,43)19-18-27(21-33(41)49-34)36(42)47-29-15-13-28(14-16-29)38(44)45/h9-17,22,24-25,27,30-32,34-35,40,43H,8,18-21H2,1-7H3. The van der Waals surface area contributed by atoms with Crippen molar-refractivity contribution in [2.45, 2.75) is 117 Å². The Morgan fingerprint density at radius 3 is 2.47 bits per heavy atom. The molecule has 12 nitrogen and oxygen atoms in total. The van der Waals surface area contributed by atoms with E-state index in [1.54, 1.807) is 12.2 Å². The minimum atomic E-state index is -1.59. The predicted molar refractivity (Wildman–Crippen MR) is 181 cm³/mol. The molecule has 0 aromatic heterocycles. The highest BCUT2D eigenvalue weighted by Crippen LogP contribution is 2.36. The molecular weight excluding hydrogens is 634 g/mol. The summed E-state index contributed by atoms with van der Waals surface area (Å²) in [6.07, 6.45) is 8.21. The number of esters is 3. The first-order chi connectivity index (χ1) is 23.0. The Hall–Kier alpha value is -3.87. The summed E-state index contributed by atoms with van der Waals surface area (Å²) in [7, 11) is 0. The van der Waals surface area contributed by atoms with E-state index in [0.717, 1.165) is 12.0 Å². The number of benzene rings is 1. The Balaban J connectivity index is 1.80. The van der Waals surface area contributed by atoms with Crippen molar-refractivity contribution in [3.8, 4) is 5.75 Å². The highest BCUT2D eigenvalue weighted by atomic mass is 16.6. The molecule has 1 fully saturated rings. The van der Waals surface area contributed by atoms with Gasteiger partial charge in [0.25, 0.3) is 5.69 Å². The van der Waals surface area contributed by atoms with Gasteiger partial charge in [0.1, 0.15) is 23.6 Å². The fraction of sp³-hybridized carbons (Fsp3) is 0.595. The van der Waals surface area contributed by atoms with E-state index in [1.165, 1.54) is 38.1 Å². The molecule has 0 bridgehead atoms. The minimum Gasteiger partial charge on any atom is -0.457 e. The number of carbonyl (C=O) groups excluding carboxylic acids is 3. The number of nitro benzene ring substituents is 1. The van der Waals surface area contributed by atoms with Gasteiger partial charge in [-0.25, -0.2) is 0 Å². The van der Waals surface area contributed by atoms with Gasteiger partial charge in [-0.1, -0.05) is 52.0 Å². The summed E-state index contributed by atoms with van der Waals surface area (Å²) in [4.78, 5) is 49.0. The smallest absolute Gasteiger partial charge is 0.314 e. The van der Waals surface area contributed by atoms with Crippen LogP contribution in [0.2, 0.25) is 0 Å². The van der Waals surface area contributed by atoms with E-state index in [2.05, 4.69) is 6.92 Å². The second-order valence-electron chi connectivity index (χ2n) is 13.6. The molecule has 1 saturated heterocycles. The largest absolute Gasteiger partial charge is 0.457 e. The SMILES string of the molecule is CCC(O)C(C)C1OC1CC(C)C=CC=C(C)C1OC(=O)CC(C(=O)Oc2ccc([N+](=O)[O-])cc2)CCC(C)(O)C(OC(C)=O)C=CC1C. The van der Waals surface area contributed by atoms with Gasteiger partial charge in [-0.3, -0.25) is 24.5 Å². The van der Waals surface area contributed by atoms with Crippen LogP contribution in [-0.2, 0) is 28.6 Å². The van der Waals surface area contributed by atoms with E-state index in [-0.39, 0.29) is 60.8 Å². The van der Waals surface area contributed by atoms with Crippen molar-refractivity contribution in [3.63, 3.8) is 0 Å². The molecule has 0 saturated carbocycles. The molecule has 2 N–H and O–H groups in total. The maximum atomic E-state index is 13.3. The highest BCUT2D eigenvalue weighted by Gasteiger charge is 2.45. The zero-order valence-corrected chi connectivity index (χ0v) is 29.4. The number of carbonyl (C=O) groups is 3. The van der Waals surface area contributed by atoms with Crippen molar-refractivity contribution < 1.29 is 48.5 Å². The van der Waals surface area contributed by atoms with Gasteiger partial charge < -0.3 is 29.2 Å². The summed E-state index contributed by atoms with van der Waals surface area (Å²) in [5.74, 6) is -3.12. The summed E-state index contributed by atoms with van der Waals surface area (Å²) in [6, 6.07) is 4.97. The topological polar surface area (TPSA) is 175 Å². The van der Waals surface area contributed by atoms with Crippen LogP contribution in [-0.4, -0.2) is 69.2 Å². The van der Waals surface area contributed by atoms with Crippen LogP contribution in [0, 0.1) is 33.8 Å². The van der Waals surface area contributed by atoms with Gasteiger partial charge in [0.2, 0.25) is 0 Å². The molecule has 10 unspecified atom stereocenters. The van der Waals surface area contributed by atoms with E-state index < -0.39 is 52.5 Å². The Morgan fingerprint density at radius 1 is 1.18 bits per heavy atom. The Labute approximate surface area is 288 Å². The lowest BCUT2D eigenvalue weighted by Gasteiger charge is -2.33. The molecular formula is C37H51NO11. The molecule has 0 radical (unpaired) electrons. The zero-order valence-electron chi connectivity index (χ0n) is 29.4. The number of non-ortho nitro benzene ring substituents is 1. The molecule has 1 aromatic rings. The number of rotatable bonds is 12. The number of hydrogen-bond acceptors (Lipinski definition) is 11. The van der Waals surface area contributed by atoms with E-state index in [1.807, 2.05) is 45.9 Å². The van der Waals surface area contributed by atoms with Gasteiger partial charge in [0.15, 0.2) is 0 Å². The zero-order chi connectivity index (χ0) is 36.5. The molecule has 270 valence electrons. The Morgan fingerprint density at radius 2 is 1.86 bits per heavy atom. The monoisotopic (exact) mass is 685 g/mol. The fourth-order valence-electron chi connectivity index (χ4n) is 6.02. The van der Waals surface area contributed by atoms with E-state index >= 15 is 0 Å². The number of aliphatic hydroxyl groups excluding tert-OH is 1. The van der Waals surface area contributed by atoms with Crippen LogP contribution in [0.1, 0.15) is 80.6 Å². The molecule has 49 heavy (non-hydrogen) atoms. The first-order valence-corrected chi connectivity index (χ1v) is 16.9. The molecule has 0 amide bonds. The van der Waals surface area contributed by atoms with Crippen molar-refractivity contribution >= 4 is 23.6 Å². The van der Waals surface area contributed by atoms with Crippen molar-refractivity contribution in [2.75, 3.05) is 0 Å². The van der Waals surface area contributed by atoms with Crippen LogP contribution in [0.4, 0.5) is 5.69 Å². The molecule has 0 spiro atoms. The quantitative estimate of drug-likeness (QED) is 0.0518. The normalized spacial score (nSPS) is 29.9. The van der Waals surface area contributed by atoms with Crippen LogP contribution in [0.25, 0.3) is 0 Å². The Kier molecular flexibility index (Phi) is 14.3. The number of epoxide rings is 1. The second-order valence-corrected chi connectivity index (χ2v) is 13.6. The molecule has 12 heteroatoms. The lowest BCUT2D eigenvalue weighted by atomic mass is 9.86. The van der Waals surface area contributed by atoms with Gasteiger partial charge in [0.05, 0.1) is 35.6 Å². The van der Waals surface area contributed by atoms with Gasteiger partial charge in [-0.2, -0.15) is 0 Å². The lowest BCUT2D eigenvalue weighted by Crippen LogP contribution is -2.42. The summed E-state index contributed by atoms with van der Waals surface area (Å²) >= 11 is 0. The minimum absolute atomic E-state index is 0.00304. The molecule has 10 atom stereocenters. The predicted octanol–water partition coefficient (Wildman–Crippen LogP) is 5.79. The molecule has 2 heterocycles. The van der Waals surface area contributed by atoms with Crippen molar-refractivity contribution in [3.05, 3.63) is 70.3 Å². The first-order valence-electron chi connectivity index (χ1n) is 16.9. The van der Waals surface area contributed by atoms with Crippen LogP contribution in [0.5, 0.6) is 5.75 Å². The van der Waals surface area contributed by atoms with E-state index in [0.29, 0.717) is 6.42 Å². The third kappa shape index (κ3) is 11.9. The fourth-order valence-corrected chi connectivity index (χ4v) is 6.02. The maximum Gasteiger partial charge on any atom is 0.314 e. The first kappa shape index (κ1) is 39.6. The van der Waals surface area contributed by atoms with Crippen LogP contribution in [0.15, 0.2) is 60.2 Å². The van der Waals surface area contributed by atoms with Gasteiger partial charge in [-0.05, 0) is 69.2 Å². The summed E-state index contributed by atoms with van der Waals surface area (Å²) < 4.78 is 22.7. The number of cyclic esters (lactones) is 1. The van der Waals surface area contributed by atoms with Crippen molar-refractivity contribution in [1.29, 1.82) is 0 Å². The average molecular weight is 686 g/mol. The average Bonchev–Trinajstić information content (AvgIpc) is 3.80. The van der Waals surface area contributed by atoms with Gasteiger partial charge >= 0.3 is 17.9 Å². The lowest BCUT2D eigenvalue weighted by molar-refractivity contribution is -0.384. The highest BCUT2D eigenvalue weighted by molar-refractivity contribution is 5.81. The Bertz CT molecular complexity index is 1400. The summed E-state index contributed by atoms with van der Waals surface area (Å²) in [6.45, 7) is 12.4. The van der Waals surface area contributed by atoms with E-state index in [9.17, 15) is 34.7 Å². The third-order valence-electron chi connectivity index (χ3n) is 9.26. The maximum absolute atomic E-state index is 13.3. The van der Waals surface area contributed by atoms with Crippen LogP contribution < -0.4 is 4.74 Å². The van der Waals surface area contributed by atoms with Crippen LogP contribution in [0.3, 0.4) is 0 Å².